The number of rotatable bonds is 5. The van der Waals surface area contributed by atoms with Gasteiger partial charge in [0.2, 0.25) is 0 Å². The molecule has 2 heterocycles. The highest BCUT2D eigenvalue weighted by Gasteiger charge is 2.26. The normalized spacial score (nSPS) is 15.9. The van der Waals surface area contributed by atoms with Crippen LogP contribution in [-0.2, 0) is 4.74 Å². The molecule has 0 unspecified atom stereocenters. The van der Waals surface area contributed by atoms with Crippen LogP contribution in [0.15, 0.2) is 28.9 Å². The second kappa shape index (κ2) is 8.11. The number of fused-ring (bicyclic) bond motifs is 1. The molecule has 1 fully saturated rings. The molecule has 1 aromatic carbocycles. The first-order valence-electron chi connectivity index (χ1n) is 9.74. The Morgan fingerprint density at radius 1 is 1.33 bits per heavy atom. The molecule has 0 aliphatic carbocycles. The van der Waals surface area contributed by atoms with Crippen LogP contribution in [0.3, 0.4) is 0 Å². The summed E-state index contributed by atoms with van der Waals surface area (Å²) in [5, 5.41) is 13.8. The lowest BCUT2D eigenvalue weighted by molar-refractivity contribution is 0.0181. The third kappa shape index (κ3) is 5.31. The third-order valence-corrected chi connectivity index (χ3v) is 4.94. The van der Waals surface area contributed by atoms with Crippen LogP contribution in [0.1, 0.15) is 46.5 Å². The first-order chi connectivity index (χ1) is 12.8. The maximum Gasteiger partial charge on any atom is 0.410 e. The molecule has 27 heavy (non-hydrogen) atoms. The van der Waals surface area contributed by atoms with Gasteiger partial charge in [0.15, 0.2) is 5.75 Å². The molecule has 0 saturated carbocycles. The number of aromatic hydroxyl groups is 1. The fourth-order valence-electron chi connectivity index (χ4n) is 3.48. The molecular weight excluding hydrogens is 344 g/mol. The van der Waals surface area contributed by atoms with Crippen molar-refractivity contribution < 1.29 is 19.1 Å². The Morgan fingerprint density at radius 3 is 2.78 bits per heavy atom. The molecule has 0 radical (unpaired) electrons. The minimum atomic E-state index is -0.434. The van der Waals surface area contributed by atoms with Crippen LogP contribution >= 0.6 is 0 Å². The van der Waals surface area contributed by atoms with E-state index in [1.807, 2.05) is 43.9 Å². The van der Waals surface area contributed by atoms with Crippen LogP contribution in [-0.4, -0.2) is 41.3 Å². The zero-order valence-electron chi connectivity index (χ0n) is 16.5. The SMILES string of the molecule is CC(C)(C)OC(=O)N1CCC(CCCNc2ccc3c(O)coc3c2)CC1. The summed E-state index contributed by atoms with van der Waals surface area (Å²) in [5.74, 6) is 0.837. The lowest BCUT2D eigenvalue weighted by Gasteiger charge is -2.33. The molecule has 0 atom stereocenters. The van der Waals surface area contributed by atoms with E-state index in [-0.39, 0.29) is 11.8 Å². The van der Waals surface area contributed by atoms with Gasteiger partial charge in [-0.3, -0.25) is 0 Å². The molecule has 2 aromatic rings. The summed E-state index contributed by atoms with van der Waals surface area (Å²) in [6, 6.07) is 5.73. The number of ether oxygens (including phenoxy) is 1. The molecule has 1 amide bonds. The molecule has 6 heteroatoms. The average molecular weight is 374 g/mol. The van der Waals surface area contributed by atoms with Gasteiger partial charge in [0.05, 0.1) is 5.39 Å². The van der Waals surface area contributed by atoms with Crippen LogP contribution in [0, 0.1) is 5.92 Å². The van der Waals surface area contributed by atoms with Crippen LogP contribution in [0.2, 0.25) is 0 Å². The van der Waals surface area contributed by atoms with Crippen molar-refractivity contribution in [2.24, 2.45) is 5.92 Å². The van der Waals surface area contributed by atoms with Gasteiger partial charge < -0.3 is 24.5 Å². The highest BCUT2D eigenvalue weighted by atomic mass is 16.6. The Morgan fingerprint density at radius 2 is 2.07 bits per heavy atom. The summed E-state index contributed by atoms with van der Waals surface area (Å²) in [5.41, 5.74) is 1.25. The third-order valence-electron chi connectivity index (χ3n) is 4.94. The molecule has 2 N–H and O–H groups in total. The van der Waals surface area contributed by atoms with Crippen molar-refractivity contribution >= 4 is 22.7 Å². The first kappa shape index (κ1) is 19.4. The highest BCUT2D eigenvalue weighted by molar-refractivity contribution is 5.86. The minimum absolute atomic E-state index is 0.175. The predicted molar refractivity (Wildman–Crippen MR) is 106 cm³/mol. The number of nitrogens with one attached hydrogen (secondary N) is 1. The van der Waals surface area contributed by atoms with E-state index in [1.165, 1.54) is 6.26 Å². The number of carbonyl (C=O) groups excluding carboxylic acids is 1. The molecule has 1 aliphatic heterocycles. The van der Waals surface area contributed by atoms with Crippen molar-refractivity contribution in [2.45, 2.75) is 52.1 Å². The minimum Gasteiger partial charge on any atom is -0.504 e. The maximum atomic E-state index is 12.1. The molecule has 1 aromatic heterocycles. The Bertz CT molecular complexity index is 770. The summed E-state index contributed by atoms with van der Waals surface area (Å²) < 4.78 is 10.8. The predicted octanol–water partition coefficient (Wildman–Crippen LogP) is 4.98. The highest BCUT2D eigenvalue weighted by Crippen LogP contribution is 2.29. The number of carbonyl (C=O) groups is 1. The van der Waals surface area contributed by atoms with Gasteiger partial charge >= 0.3 is 6.09 Å². The van der Waals surface area contributed by atoms with E-state index in [4.69, 9.17) is 9.15 Å². The van der Waals surface area contributed by atoms with Gasteiger partial charge in [0, 0.05) is 31.4 Å². The largest absolute Gasteiger partial charge is 0.504 e. The van der Waals surface area contributed by atoms with Gasteiger partial charge in [0.1, 0.15) is 17.4 Å². The van der Waals surface area contributed by atoms with Gasteiger partial charge in [0.25, 0.3) is 0 Å². The van der Waals surface area contributed by atoms with Crippen LogP contribution < -0.4 is 5.32 Å². The molecular formula is C21H30N2O4. The quantitative estimate of drug-likeness (QED) is 0.722. The molecule has 1 saturated heterocycles. The number of hydrogen-bond acceptors (Lipinski definition) is 5. The summed E-state index contributed by atoms with van der Waals surface area (Å²) in [4.78, 5) is 13.9. The number of nitrogens with zero attached hydrogens (tertiary/aromatic N) is 1. The summed E-state index contributed by atoms with van der Waals surface area (Å²) in [6.07, 6.45) is 5.48. The molecule has 3 rings (SSSR count). The average Bonchev–Trinajstić information content (AvgIpc) is 2.98. The van der Waals surface area contributed by atoms with Crippen molar-refractivity contribution in [2.75, 3.05) is 25.0 Å². The van der Waals surface area contributed by atoms with Crippen LogP contribution in [0.4, 0.5) is 10.5 Å². The van der Waals surface area contributed by atoms with Crippen molar-refractivity contribution in [3.63, 3.8) is 0 Å². The van der Waals surface area contributed by atoms with Crippen molar-refractivity contribution in [3.8, 4) is 5.75 Å². The lowest BCUT2D eigenvalue weighted by atomic mass is 9.92. The van der Waals surface area contributed by atoms with E-state index in [1.54, 1.807) is 0 Å². The van der Waals surface area contributed by atoms with Gasteiger partial charge in [-0.25, -0.2) is 4.79 Å². The van der Waals surface area contributed by atoms with Gasteiger partial charge in [-0.05, 0) is 64.5 Å². The number of likely N-dealkylation sites (tertiary alicyclic amines) is 1. The zero-order valence-corrected chi connectivity index (χ0v) is 16.5. The number of amides is 1. The first-order valence-corrected chi connectivity index (χ1v) is 9.74. The van der Waals surface area contributed by atoms with Gasteiger partial charge in [-0.15, -0.1) is 0 Å². The fourth-order valence-corrected chi connectivity index (χ4v) is 3.48. The topological polar surface area (TPSA) is 74.9 Å². The number of hydrogen-bond donors (Lipinski definition) is 2. The fraction of sp³-hybridized carbons (Fsp3) is 0.571. The van der Waals surface area contributed by atoms with Crippen LogP contribution in [0.25, 0.3) is 11.0 Å². The molecule has 6 nitrogen and oxygen atoms in total. The second-order valence-corrected chi connectivity index (χ2v) is 8.31. The molecule has 0 bridgehead atoms. The van der Waals surface area contributed by atoms with Crippen molar-refractivity contribution in [3.05, 3.63) is 24.5 Å². The summed E-state index contributed by atoms with van der Waals surface area (Å²) >= 11 is 0. The van der Waals surface area contributed by atoms with Gasteiger partial charge in [-0.1, -0.05) is 0 Å². The van der Waals surface area contributed by atoms with E-state index >= 15 is 0 Å². The lowest BCUT2D eigenvalue weighted by Crippen LogP contribution is -2.41. The standard InChI is InChI=1S/C21H30N2O4/c1-21(2,3)27-20(25)23-11-8-15(9-12-23)5-4-10-22-16-6-7-17-18(24)14-26-19(17)13-16/h6-7,13-15,22,24H,4-5,8-12H2,1-3H3. The van der Waals surface area contributed by atoms with E-state index in [0.717, 1.165) is 56.4 Å². The Balaban J connectivity index is 1.36. The number of benzene rings is 1. The number of piperidine rings is 1. The second-order valence-electron chi connectivity index (χ2n) is 8.31. The van der Waals surface area contributed by atoms with Crippen LogP contribution in [0.5, 0.6) is 5.75 Å². The maximum absolute atomic E-state index is 12.1. The Hall–Kier alpha value is -2.37. The summed E-state index contributed by atoms with van der Waals surface area (Å²) in [6.45, 7) is 8.16. The number of furan rings is 1. The van der Waals surface area contributed by atoms with Crippen molar-refractivity contribution in [1.82, 2.24) is 4.90 Å². The molecule has 1 aliphatic rings. The van der Waals surface area contributed by atoms with E-state index in [0.29, 0.717) is 11.5 Å². The Labute approximate surface area is 160 Å². The van der Waals surface area contributed by atoms with Crippen molar-refractivity contribution in [1.29, 1.82) is 0 Å². The smallest absolute Gasteiger partial charge is 0.410 e. The molecule has 0 spiro atoms. The monoisotopic (exact) mass is 374 g/mol. The zero-order chi connectivity index (χ0) is 19.4. The van der Waals surface area contributed by atoms with Gasteiger partial charge in [-0.2, -0.15) is 0 Å². The summed E-state index contributed by atoms with van der Waals surface area (Å²) in [7, 11) is 0. The number of anilines is 1. The Kier molecular flexibility index (Phi) is 5.82. The molecule has 148 valence electrons. The van der Waals surface area contributed by atoms with E-state index in [2.05, 4.69) is 5.32 Å². The van der Waals surface area contributed by atoms with E-state index in [9.17, 15) is 9.90 Å². The van der Waals surface area contributed by atoms with E-state index < -0.39 is 5.60 Å².